The number of anilines is 1. The van der Waals surface area contributed by atoms with Gasteiger partial charge in [0.15, 0.2) is 0 Å². The van der Waals surface area contributed by atoms with E-state index in [4.69, 9.17) is 29.4 Å². The molecule has 3 atom stereocenters. The van der Waals surface area contributed by atoms with Gasteiger partial charge in [0.2, 0.25) is 6.93 Å². The van der Waals surface area contributed by atoms with E-state index in [2.05, 4.69) is 10.1 Å². The van der Waals surface area contributed by atoms with Crippen LogP contribution in [0.5, 0.6) is 5.75 Å². The Balaban J connectivity index is 0.000000736. The molecule has 0 bridgehead atoms. The fourth-order valence-corrected chi connectivity index (χ4v) is 4.38. The molecule has 3 aromatic rings. The first-order valence-corrected chi connectivity index (χ1v) is 13.9. The van der Waals surface area contributed by atoms with Crippen LogP contribution in [0.4, 0.5) is 14.6 Å². The predicted octanol–water partition coefficient (Wildman–Crippen LogP) is 4.30. The monoisotopic (exact) mass is 600 g/mol. The highest BCUT2D eigenvalue weighted by atomic mass is 31.2. The number of nitrogens with zero attached hydrogens (tertiary/aromatic N) is 2. The lowest BCUT2D eigenvalue weighted by molar-refractivity contribution is -0.106. The fourth-order valence-electron chi connectivity index (χ4n) is 3.35. The average Bonchev–Trinajstić information content (AvgIpc) is 3.45. The van der Waals surface area contributed by atoms with Crippen molar-refractivity contribution in [2.24, 2.45) is 0 Å². The summed E-state index contributed by atoms with van der Waals surface area (Å²) < 4.78 is 43.2. The van der Waals surface area contributed by atoms with Gasteiger partial charge in [0.25, 0.3) is 0 Å². The zero-order chi connectivity index (χ0) is 30.6. The lowest BCUT2D eigenvalue weighted by atomic mass is 10.1. The van der Waals surface area contributed by atoms with E-state index in [0.717, 1.165) is 24.2 Å². The van der Waals surface area contributed by atoms with Gasteiger partial charge in [0, 0.05) is 20.4 Å². The van der Waals surface area contributed by atoms with Crippen LogP contribution in [0.2, 0.25) is 0 Å². The van der Waals surface area contributed by atoms with Crippen molar-refractivity contribution in [2.45, 2.75) is 45.1 Å². The van der Waals surface area contributed by atoms with Gasteiger partial charge in [0.1, 0.15) is 24.1 Å². The molecule has 41 heavy (non-hydrogen) atoms. The summed E-state index contributed by atoms with van der Waals surface area (Å²) in [5.74, 6) is 0.824. The van der Waals surface area contributed by atoms with Gasteiger partial charge in [-0.25, -0.2) is 18.7 Å². The summed E-state index contributed by atoms with van der Waals surface area (Å²) in [5.41, 5.74) is 5.10. The number of aliphatic hydroxyl groups excluding tert-OH is 1. The summed E-state index contributed by atoms with van der Waals surface area (Å²) in [6.45, 7) is 2.62. The van der Waals surface area contributed by atoms with Gasteiger partial charge in [0.05, 0.1) is 25.4 Å². The van der Waals surface area contributed by atoms with Crippen LogP contribution in [0.15, 0.2) is 59.5 Å². The van der Waals surface area contributed by atoms with Gasteiger partial charge < -0.3 is 34.2 Å². The molecule has 1 fully saturated rings. The van der Waals surface area contributed by atoms with E-state index >= 15 is 0 Å². The summed E-state index contributed by atoms with van der Waals surface area (Å²) in [6.07, 6.45) is 3.47. The summed E-state index contributed by atoms with van der Waals surface area (Å²) in [6, 6.07) is 15.3. The first kappa shape index (κ1) is 36.0. The van der Waals surface area contributed by atoms with Crippen molar-refractivity contribution in [3.8, 4) is 5.75 Å². The number of nitrogens with one attached hydrogen (secondary N) is 1. The standard InChI is InChI=1S/C21H23N4O5P.C4H10O.CH2F2.CH4O/c22-19-9-11-25(21(27)24-19)20-8-7-18(29-20)14-28-31(23-10-12-26)30-17-6-5-15-3-1-2-4-16(15)13-17;1-4(2)5-3;2-1-3;1-2/h1-6,9,11-13,18,20,23H,7-8,10,14H2,(H2,22,24,27);4H,1-3H3;1H2;2H,1H3. The first-order valence-electron chi connectivity index (χ1n) is 12.7. The highest BCUT2D eigenvalue weighted by Gasteiger charge is 2.29. The lowest BCUT2D eigenvalue weighted by Gasteiger charge is -2.20. The molecule has 0 radical (unpaired) electrons. The summed E-state index contributed by atoms with van der Waals surface area (Å²) in [4.78, 5) is 26.6. The minimum Gasteiger partial charge on any atom is -0.436 e. The Bertz CT molecular complexity index is 1210. The smallest absolute Gasteiger partial charge is 0.351 e. The van der Waals surface area contributed by atoms with Gasteiger partial charge in [-0.2, -0.15) is 4.98 Å². The Labute approximate surface area is 239 Å². The summed E-state index contributed by atoms with van der Waals surface area (Å²) in [5, 5.41) is 12.1. The number of benzene rings is 2. The normalized spacial score (nSPS) is 16.4. The molecule has 4 N–H and O–H groups in total. The number of nitrogen functional groups attached to an aromatic ring is 1. The number of fused-ring (bicyclic) bond motifs is 1. The Morgan fingerprint density at radius 2 is 1.85 bits per heavy atom. The maximum atomic E-state index is 12.0. The average molecular weight is 601 g/mol. The number of rotatable bonds is 10. The Morgan fingerprint density at radius 1 is 1.20 bits per heavy atom. The molecular weight excluding hydrogens is 561 g/mol. The Kier molecular flexibility index (Phi) is 18.2. The lowest BCUT2D eigenvalue weighted by Crippen LogP contribution is -2.28. The van der Waals surface area contributed by atoms with Crippen molar-refractivity contribution in [3.63, 3.8) is 0 Å². The number of methoxy groups -OCH3 is 1. The maximum absolute atomic E-state index is 12.0. The molecule has 11 nitrogen and oxygen atoms in total. The van der Waals surface area contributed by atoms with Crippen LogP contribution in [0.25, 0.3) is 10.8 Å². The van der Waals surface area contributed by atoms with Crippen molar-refractivity contribution in [2.75, 3.05) is 40.0 Å². The number of aldehydes is 1. The Morgan fingerprint density at radius 3 is 2.46 bits per heavy atom. The Hall–Kier alpha value is -3.06. The van der Waals surface area contributed by atoms with Gasteiger partial charge in [-0.3, -0.25) is 4.57 Å². The van der Waals surface area contributed by atoms with Crippen molar-refractivity contribution < 1.29 is 37.2 Å². The van der Waals surface area contributed by atoms with E-state index in [1.54, 1.807) is 19.4 Å². The minimum absolute atomic E-state index is 0.111. The maximum Gasteiger partial charge on any atom is 0.351 e. The SMILES string of the molecule is CO.COC(C)C.FCF.Nc1ccn(C2CCC(COP(NCC=O)Oc3ccc4ccccc4c3)O2)c(=O)n1. The van der Waals surface area contributed by atoms with E-state index in [1.165, 1.54) is 4.57 Å². The molecule has 0 spiro atoms. The van der Waals surface area contributed by atoms with E-state index in [1.807, 2.05) is 56.3 Å². The second-order valence-electron chi connectivity index (χ2n) is 8.40. The van der Waals surface area contributed by atoms with E-state index in [9.17, 15) is 18.4 Å². The number of carbonyl (C=O) groups excluding carboxylic acids is 1. The molecule has 4 rings (SSSR count). The van der Waals surface area contributed by atoms with Crippen molar-refractivity contribution in [3.05, 3.63) is 65.2 Å². The third-order valence-electron chi connectivity index (χ3n) is 5.31. The number of alkyl halides is 2. The molecule has 14 heteroatoms. The first-order chi connectivity index (χ1) is 19.8. The van der Waals surface area contributed by atoms with Crippen molar-refractivity contribution in [1.82, 2.24) is 14.6 Å². The molecule has 0 saturated carbocycles. The highest BCUT2D eigenvalue weighted by molar-refractivity contribution is 7.45. The van der Waals surface area contributed by atoms with E-state index in [0.29, 0.717) is 24.7 Å². The number of hydrogen-bond acceptors (Lipinski definition) is 10. The van der Waals surface area contributed by atoms with Gasteiger partial charge >= 0.3 is 14.2 Å². The molecule has 1 aliphatic heterocycles. The molecule has 2 aromatic carbocycles. The minimum atomic E-state index is -1.75. The number of nitrogens with two attached hydrogens (primary N) is 1. The number of hydrogen-bond donors (Lipinski definition) is 3. The number of ether oxygens (including phenoxy) is 2. The summed E-state index contributed by atoms with van der Waals surface area (Å²) >= 11 is 0. The number of aliphatic hydroxyl groups is 1. The quantitative estimate of drug-likeness (QED) is 0.227. The van der Waals surface area contributed by atoms with Gasteiger partial charge in [-0.05, 0) is 55.7 Å². The van der Waals surface area contributed by atoms with Crippen LogP contribution in [-0.4, -0.2) is 67.5 Å². The molecule has 3 unspecified atom stereocenters. The van der Waals surface area contributed by atoms with E-state index in [-0.39, 0.29) is 25.1 Å². The van der Waals surface area contributed by atoms with Crippen LogP contribution < -0.4 is 21.0 Å². The van der Waals surface area contributed by atoms with Gasteiger partial charge in [-0.1, -0.05) is 30.3 Å². The zero-order valence-electron chi connectivity index (χ0n) is 23.6. The second-order valence-corrected chi connectivity index (χ2v) is 9.67. The van der Waals surface area contributed by atoms with Crippen LogP contribution in [0.3, 0.4) is 0 Å². The molecule has 0 amide bonds. The highest BCUT2D eigenvalue weighted by Crippen LogP contribution is 2.38. The summed E-state index contributed by atoms with van der Waals surface area (Å²) in [7, 11) is 1.15. The fraction of sp³-hybridized carbons (Fsp3) is 0.444. The van der Waals surface area contributed by atoms with Crippen LogP contribution in [0.1, 0.15) is 32.9 Å². The second kappa shape index (κ2) is 20.8. The number of halogens is 2. The van der Waals surface area contributed by atoms with Crippen LogP contribution in [0, 0.1) is 0 Å². The number of aromatic nitrogens is 2. The predicted molar refractivity (Wildman–Crippen MR) is 155 cm³/mol. The zero-order valence-corrected chi connectivity index (χ0v) is 24.5. The van der Waals surface area contributed by atoms with Crippen molar-refractivity contribution >= 4 is 31.4 Å². The molecule has 1 saturated heterocycles. The largest absolute Gasteiger partial charge is 0.436 e. The third-order valence-corrected chi connectivity index (χ3v) is 6.51. The molecule has 0 aliphatic carbocycles. The van der Waals surface area contributed by atoms with Gasteiger partial charge in [-0.15, -0.1) is 0 Å². The third kappa shape index (κ3) is 13.4. The molecular formula is C27H39F2N4O7P. The molecule has 2 heterocycles. The van der Waals surface area contributed by atoms with Crippen molar-refractivity contribution in [1.29, 1.82) is 0 Å². The van der Waals surface area contributed by atoms with E-state index < -0.39 is 27.4 Å². The van der Waals surface area contributed by atoms with Crippen LogP contribution in [-0.2, 0) is 18.8 Å². The molecule has 1 aliphatic rings. The molecule has 228 valence electrons. The molecule has 1 aromatic heterocycles. The topological polar surface area (TPSA) is 147 Å². The number of carbonyl (C=O) groups is 1. The van der Waals surface area contributed by atoms with Crippen LogP contribution >= 0.6 is 8.53 Å².